The molecule has 0 unspecified atom stereocenters. The number of aliphatic hydroxyl groups excluding tert-OH is 1. The minimum atomic E-state index is -0.429. The molecule has 1 atom stereocenters. The van der Waals surface area contributed by atoms with E-state index in [1.54, 1.807) is 6.33 Å². The number of hydrogen-bond donors (Lipinski definition) is 2. The Hall–Kier alpha value is -0.940. The lowest BCUT2D eigenvalue weighted by Gasteiger charge is -2.11. The fourth-order valence-electron chi connectivity index (χ4n) is 1.17. The topological polar surface area (TPSA) is 77.0 Å². The van der Waals surface area contributed by atoms with Crippen LogP contribution in [0.2, 0.25) is 0 Å². The van der Waals surface area contributed by atoms with Crippen molar-refractivity contribution in [1.82, 2.24) is 14.8 Å². The molecule has 0 spiro atoms. The van der Waals surface area contributed by atoms with Crippen LogP contribution in [0.5, 0.6) is 0 Å². The van der Waals surface area contributed by atoms with Crippen molar-refractivity contribution >= 4 is 0 Å². The van der Waals surface area contributed by atoms with Gasteiger partial charge in [-0.05, 0) is 5.92 Å². The van der Waals surface area contributed by atoms with Gasteiger partial charge in [-0.1, -0.05) is 13.8 Å². The van der Waals surface area contributed by atoms with Gasteiger partial charge in [0, 0.05) is 6.54 Å². The predicted octanol–water partition coefficient (Wildman–Crippen LogP) is -0.0738. The van der Waals surface area contributed by atoms with Crippen LogP contribution in [0.25, 0.3) is 0 Å². The van der Waals surface area contributed by atoms with Crippen molar-refractivity contribution in [1.29, 1.82) is 0 Å². The molecule has 0 aliphatic carbocycles. The maximum atomic E-state index is 8.86. The zero-order valence-corrected chi connectivity index (χ0v) is 8.01. The van der Waals surface area contributed by atoms with Crippen LogP contribution in [-0.2, 0) is 6.54 Å². The molecule has 0 aliphatic rings. The highest BCUT2D eigenvalue weighted by atomic mass is 16.3. The van der Waals surface area contributed by atoms with Gasteiger partial charge in [0.2, 0.25) is 0 Å². The van der Waals surface area contributed by atoms with Crippen molar-refractivity contribution in [2.24, 2.45) is 11.7 Å². The van der Waals surface area contributed by atoms with Gasteiger partial charge >= 0.3 is 0 Å². The molecule has 0 bridgehead atoms. The van der Waals surface area contributed by atoms with Crippen LogP contribution in [0.1, 0.15) is 25.7 Å². The molecule has 74 valence electrons. The van der Waals surface area contributed by atoms with E-state index in [1.165, 1.54) is 0 Å². The van der Waals surface area contributed by atoms with E-state index < -0.39 is 6.04 Å². The van der Waals surface area contributed by atoms with E-state index in [1.807, 2.05) is 4.57 Å². The number of nitrogens with zero attached hydrogens (tertiary/aromatic N) is 3. The third-order valence-corrected chi connectivity index (χ3v) is 1.74. The summed E-state index contributed by atoms with van der Waals surface area (Å²) in [5.41, 5.74) is 5.64. The van der Waals surface area contributed by atoms with Gasteiger partial charge in [0.1, 0.15) is 6.33 Å². The highest BCUT2D eigenvalue weighted by molar-refractivity contribution is 4.93. The van der Waals surface area contributed by atoms with Gasteiger partial charge in [-0.3, -0.25) is 0 Å². The summed E-state index contributed by atoms with van der Waals surface area (Å²) >= 11 is 0. The molecule has 0 aromatic carbocycles. The van der Waals surface area contributed by atoms with Gasteiger partial charge < -0.3 is 15.4 Å². The van der Waals surface area contributed by atoms with E-state index in [0.717, 1.165) is 6.54 Å². The zero-order chi connectivity index (χ0) is 9.84. The Morgan fingerprint density at radius 3 is 2.85 bits per heavy atom. The quantitative estimate of drug-likeness (QED) is 0.686. The molecule has 1 aromatic rings. The van der Waals surface area contributed by atoms with E-state index in [0.29, 0.717) is 11.7 Å². The normalized spacial score (nSPS) is 13.6. The second kappa shape index (κ2) is 4.34. The van der Waals surface area contributed by atoms with E-state index >= 15 is 0 Å². The predicted molar refractivity (Wildman–Crippen MR) is 48.9 cm³/mol. The lowest BCUT2D eigenvalue weighted by atomic mass is 10.2. The molecule has 0 aliphatic heterocycles. The Kier molecular flexibility index (Phi) is 3.39. The first-order valence-electron chi connectivity index (χ1n) is 4.39. The third-order valence-electron chi connectivity index (χ3n) is 1.74. The molecular formula is C8H16N4O. The smallest absolute Gasteiger partial charge is 0.152 e. The molecule has 1 rings (SSSR count). The average molecular weight is 184 g/mol. The zero-order valence-electron chi connectivity index (χ0n) is 8.01. The molecule has 3 N–H and O–H groups in total. The fourth-order valence-corrected chi connectivity index (χ4v) is 1.17. The summed E-state index contributed by atoms with van der Waals surface area (Å²) in [7, 11) is 0. The number of nitrogens with two attached hydrogens (primary N) is 1. The molecule has 1 aromatic heterocycles. The molecule has 0 saturated heterocycles. The summed E-state index contributed by atoms with van der Waals surface area (Å²) in [5.74, 6) is 1.16. The summed E-state index contributed by atoms with van der Waals surface area (Å²) in [6.45, 7) is 4.94. The average Bonchev–Trinajstić information content (AvgIpc) is 2.50. The van der Waals surface area contributed by atoms with Gasteiger partial charge in [0.05, 0.1) is 12.6 Å². The Balaban J connectivity index is 2.76. The van der Waals surface area contributed by atoms with Crippen LogP contribution >= 0.6 is 0 Å². The number of aromatic nitrogens is 3. The van der Waals surface area contributed by atoms with E-state index in [9.17, 15) is 0 Å². The molecule has 5 heteroatoms. The number of aliphatic hydroxyl groups is 1. The SMILES string of the molecule is CC(C)Cn1cnnc1[C@H](N)CO. The minimum absolute atomic E-state index is 0.100. The summed E-state index contributed by atoms with van der Waals surface area (Å²) < 4.78 is 1.88. The van der Waals surface area contributed by atoms with Gasteiger partial charge in [-0.25, -0.2) is 0 Å². The molecule has 0 radical (unpaired) electrons. The first kappa shape index (κ1) is 10.1. The van der Waals surface area contributed by atoms with Crippen molar-refractivity contribution in [3.63, 3.8) is 0 Å². The molecule has 0 amide bonds. The molecule has 0 fully saturated rings. The van der Waals surface area contributed by atoms with Crippen LogP contribution in [0.3, 0.4) is 0 Å². The molecule has 13 heavy (non-hydrogen) atoms. The van der Waals surface area contributed by atoms with Crippen molar-refractivity contribution in [2.45, 2.75) is 26.4 Å². The maximum absolute atomic E-state index is 8.86. The highest BCUT2D eigenvalue weighted by Gasteiger charge is 2.12. The Bertz CT molecular complexity index is 258. The van der Waals surface area contributed by atoms with E-state index in [-0.39, 0.29) is 6.61 Å². The Morgan fingerprint density at radius 2 is 2.31 bits per heavy atom. The fraction of sp³-hybridized carbons (Fsp3) is 0.750. The maximum Gasteiger partial charge on any atom is 0.152 e. The van der Waals surface area contributed by atoms with Crippen molar-refractivity contribution in [3.8, 4) is 0 Å². The van der Waals surface area contributed by atoms with Crippen molar-refractivity contribution < 1.29 is 5.11 Å². The summed E-state index contributed by atoms with van der Waals surface area (Å²) in [5, 5.41) is 16.5. The van der Waals surface area contributed by atoms with Gasteiger partial charge in [-0.2, -0.15) is 0 Å². The third kappa shape index (κ3) is 2.50. The molecule has 1 heterocycles. The van der Waals surface area contributed by atoms with Crippen LogP contribution in [-0.4, -0.2) is 26.5 Å². The second-order valence-corrected chi connectivity index (χ2v) is 3.52. The van der Waals surface area contributed by atoms with E-state index in [4.69, 9.17) is 10.8 Å². The van der Waals surface area contributed by atoms with E-state index in [2.05, 4.69) is 24.0 Å². The highest BCUT2D eigenvalue weighted by Crippen LogP contribution is 2.08. The largest absolute Gasteiger partial charge is 0.394 e. The van der Waals surface area contributed by atoms with Crippen LogP contribution in [0.4, 0.5) is 0 Å². The first-order valence-corrected chi connectivity index (χ1v) is 4.39. The summed E-state index contributed by atoms with van der Waals surface area (Å²) in [6, 6.07) is -0.429. The minimum Gasteiger partial charge on any atom is -0.394 e. The lowest BCUT2D eigenvalue weighted by molar-refractivity contribution is 0.259. The molecular weight excluding hydrogens is 168 g/mol. The van der Waals surface area contributed by atoms with Gasteiger partial charge in [-0.15, -0.1) is 10.2 Å². The van der Waals surface area contributed by atoms with Crippen molar-refractivity contribution in [2.75, 3.05) is 6.61 Å². The van der Waals surface area contributed by atoms with Crippen LogP contribution < -0.4 is 5.73 Å². The summed E-state index contributed by atoms with van der Waals surface area (Å²) in [4.78, 5) is 0. The van der Waals surface area contributed by atoms with Crippen molar-refractivity contribution in [3.05, 3.63) is 12.2 Å². The Labute approximate surface area is 77.6 Å². The van der Waals surface area contributed by atoms with Gasteiger partial charge in [0.25, 0.3) is 0 Å². The van der Waals surface area contributed by atoms with Crippen LogP contribution in [0, 0.1) is 5.92 Å². The van der Waals surface area contributed by atoms with Gasteiger partial charge in [0.15, 0.2) is 5.82 Å². The summed E-state index contributed by atoms with van der Waals surface area (Å²) in [6.07, 6.45) is 1.64. The Morgan fingerprint density at radius 1 is 1.62 bits per heavy atom. The first-order chi connectivity index (χ1) is 6.15. The lowest BCUT2D eigenvalue weighted by Crippen LogP contribution is -2.21. The molecule has 0 saturated carbocycles. The monoisotopic (exact) mass is 184 g/mol. The molecule has 5 nitrogen and oxygen atoms in total. The number of hydrogen-bond acceptors (Lipinski definition) is 4. The standard InChI is InChI=1S/C8H16N4O/c1-6(2)3-12-5-10-11-8(12)7(9)4-13/h5-7,13H,3-4,9H2,1-2H3/t7-/m1/s1. The second-order valence-electron chi connectivity index (χ2n) is 3.52. The van der Waals surface area contributed by atoms with Crippen LogP contribution in [0.15, 0.2) is 6.33 Å². The number of rotatable bonds is 4.